The Morgan fingerprint density at radius 1 is 0.833 bits per heavy atom. The van der Waals surface area contributed by atoms with E-state index in [2.05, 4.69) is 36.2 Å². The lowest BCUT2D eigenvalue weighted by atomic mass is 10.0. The zero-order chi connectivity index (χ0) is 43.9. The summed E-state index contributed by atoms with van der Waals surface area (Å²) < 4.78 is 0. The molecule has 1 aromatic heterocycles. The molecule has 3 heterocycles. The molecule has 328 valence electrons. The summed E-state index contributed by atoms with van der Waals surface area (Å²) in [7, 11) is 0. The molecule has 12 N–H and O–H groups in total. The second-order valence-corrected chi connectivity index (χ2v) is 15.8. The number of imidazole rings is 1. The van der Waals surface area contributed by atoms with Gasteiger partial charge in [-0.25, -0.2) is 4.98 Å². The second-order valence-electron chi connectivity index (χ2n) is 15.8. The zero-order valence-corrected chi connectivity index (χ0v) is 34.5. The molecule has 4 rings (SSSR count). The maximum atomic E-state index is 14.3. The Hall–Kier alpha value is -6.05. The third kappa shape index (κ3) is 13.5. The normalized spacial score (nSPS) is 18.8. The molecule has 60 heavy (non-hydrogen) atoms. The van der Waals surface area contributed by atoms with Crippen LogP contribution in [0.15, 0.2) is 47.8 Å². The number of aliphatic carboxylic acids is 1. The van der Waals surface area contributed by atoms with Gasteiger partial charge in [-0.3, -0.25) is 38.6 Å². The van der Waals surface area contributed by atoms with Gasteiger partial charge in [0.25, 0.3) is 0 Å². The van der Waals surface area contributed by atoms with E-state index in [1.54, 1.807) is 36.5 Å². The van der Waals surface area contributed by atoms with Gasteiger partial charge in [-0.15, -0.1) is 0 Å². The van der Waals surface area contributed by atoms with Crippen LogP contribution in [0.1, 0.15) is 77.0 Å². The lowest BCUT2D eigenvalue weighted by Crippen LogP contribution is -2.59. The Labute approximate surface area is 349 Å². The van der Waals surface area contributed by atoms with Crippen LogP contribution < -0.4 is 38.5 Å². The fourth-order valence-corrected chi connectivity index (χ4v) is 7.45. The van der Waals surface area contributed by atoms with Crippen LogP contribution in [-0.4, -0.2) is 134 Å². The van der Waals surface area contributed by atoms with E-state index < -0.39 is 83.7 Å². The van der Waals surface area contributed by atoms with Crippen LogP contribution in [0.4, 0.5) is 0 Å². The Kier molecular flexibility index (Phi) is 17.4. The number of H-pyrrole nitrogens is 1. The number of nitrogens with one attached hydrogen (secondary N) is 5. The first kappa shape index (κ1) is 46.6. The molecular weight excluding hydrogens is 777 g/mol. The van der Waals surface area contributed by atoms with Crippen molar-refractivity contribution in [3.05, 3.63) is 54.1 Å². The van der Waals surface area contributed by atoms with Crippen LogP contribution >= 0.6 is 0 Å². The number of amides is 6. The van der Waals surface area contributed by atoms with E-state index in [-0.39, 0.29) is 57.1 Å². The highest BCUT2D eigenvalue weighted by atomic mass is 16.4. The van der Waals surface area contributed by atoms with Crippen molar-refractivity contribution in [1.29, 1.82) is 0 Å². The topological polar surface area (TPSA) is 313 Å². The van der Waals surface area contributed by atoms with Crippen molar-refractivity contribution in [3.8, 4) is 0 Å². The SMILES string of the molecule is CC(C)C[C@H](NC(=O)[C@H](CCCN=C(N)N)NC(=O)[C@@H]1CCCN1C(=O)[C@@H](N)Cc1cnc[nH]1)C(=O)N1CCC[C@H]1C(=O)N[C@@H](Cc1ccccc1)C(=O)N[C@@H](C)C(=O)O. The highest BCUT2D eigenvalue weighted by Crippen LogP contribution is 2.22. The van der Waals surface area contributed by atoms with Crippen molar-refractivity contribution in [2.45, 2.75) is 121 Å². The number of rotatable bonds is 21. The van der Waals surface area contributed by atoms with E-state index in [9.17, 15) is 38.7 Å². The number of likely N-dealkylation sites (tertiary alicyclic amines) is 2. The molecule has 0 spiro atoms. The number of benzene rings is 1. The highest BCUT2D eigenvalue weighted by molar-refractivity contribution is 5.97. The molecule has 0 aliphatic carbocycles. The summed E-state index contributed by atoms with van der Waals surface area (Å²) in [4.78, 5) is 108. The van der Waals surface area contributed by atoms with Gasteiger partial charge in [0.1, 0.15) is 36.3 Å². The van der Waals surface area contributed by atoms with Gasteiger partial charge < -0.3 is 58.4 Å². The number of carboxylic acid groups (broad SMARTS) is 1. The Morgan fingerprint density at radius 2 is 1.43 bits per heavy atom. The summed E-state index contributed by atoms with van der Waals surface area (Å²) >= 11 is 0. The molecule has 20 nitrogen and oxygen atoms in total. The molecule has 20 heteroatoms. The molecule has 2 aliphatic rings. The van der Waals surface area contributed by atoms with E-state index in [1.807, 2.05) is 13.8 Å². The zero-order valence-electron chi connectivity index (χ0n) is 34.5. The molecular formula is C40H60N12O8. The summed E-state index contributed by atoms with van der Waals surface area (Å²) in [6, 6.07) is 1.52. The number of carbonyl (C=O) groups is 7. The minimum Gasteiger partial charge on any atom is -0.480 e. The standard InChI is InChI=1S/C40H60N12O8/c1-23(2)18-30(38(58)52-17-9-14-32(52)36(56)49-29(19-25-10-5-4-6-11-25)34(54)47-24(3)39(59)60)50-33(53)28(12-7-15-45-40(42)43)48-35(55)31-13-8-16-51(31)37(57)27(41)20-26-21-44-22-46-26/h4-6,10-11,21-24,27-32H,7-9,12-20,41H2,1-3H3,(H,44,46)(H,47,54)(H,48,55)(H,49,56)(H,50,53)(H,59,60)(H4,42,43,45)/t24-,27-,28-,29-,30-,31-,32-/m0/s1. The van der Waals surface area contributed by atoms with Crippen LogP contribution in [0, 0.1) is 5.92 Å². The van der Waals surface area contributed by atoms with Gasteiger partial charge in [0.15, 0.2) is 5.96 Å². The fourth-order valence-electron chi connectivity index (χ4n) is 7.45. The predicted octanol–water partition coefficient (Wildman–Crippen LogP) is -1.35. The number of aliphatic imine (C=N–C) groups is 1. The first-order valence-electron chi connectivity index (χ1n) is 20.4. The molecule has 2 aliphatic heterocycles. The van der Waals surface area contributed by atoms with Crippen molar-refractivity contribution < 1.29 is 38.7 Å². The number of hydrogen-bond acceptors (Lipinski definition) is 10. The van der Waals surface area contributed by atoms with Crippen LogP contribution in [0.2, 0.25) is 0 Å². The Balaban J connectivity index is 1.50. The number of hydrogen-bond donors (Lipinski definition) is 9. The largest absolute Gasteiger partial charge is 0.480 e. The number of aromatic amines is 1. The van der Waals surface area contributed by atoms with Gasteiger partial charge in [-0.2, -0.15) is 0 Å². The molecule has 2 aromatic rings. The Morgan fingerprint density at radius 3 is 2.00 bits per heavy atom. The van der Waals surface area contributed by atoms with Gasteiger partial charge in [0.05, 0.1) is 12.4 Å². The minimum absolute atomic E-state index is 0.0680. The maximum absolute atomic E-state index is 14.3. The summed E-state index contributed by atoms with van der Waals surface area (Å²) in [5, 5.41) is 20.2. The maximum Gasteiger partial charge on any atom is 0.325 e. The van der Waals surface area contributed by atoms with Crippen LogP contribution in [0.3, 0.4) is 0 Å². The molecule has 0 radical (unpaired) electrons. The summed E-state index contributed by atoms with van der Waals surface area (Å²) in [6.07, 6.45) is 5.57. The number of nitrogens with two attached hydrogens (primary N) is 3. The van der Waals surface area contributed by atoms with Crippen molar-refractivity contribution in [3.63, 3.8) is 0 Å². The van der Waals surface area contributed by atoms with Crippen LogP contribution in [-0.2, 0) is 46.4 Å². The van der Waals surface area contributed by atoms with Crippen LogP contribution in [0.5, 0.6) is 0 Å². The smallest absolute Gasteiger partial charge is 0.325 e. The minimum atomic E-state index is -1.24. The molecule has 6 amide bonds. The van der Waals surface area contributed by atoms with Gasteiger partial charge in [-0.05, 0) is 63.4 Å². The number of carboxylic acids is 1. The Bertz CT molecular complexity index is 1820. The first-order valence-corrected chi connectivity index (χ1v) is 20.4. The van der Waals surface area contributed by atoms with Crippen molar-refractivity contribution in [1.82, 2.24) is 41.0 Å². The van der Waals surface area contributed by atoms with E-state index in [0.717, 1.165) is 5.56 Å². The van der Waals surface area contributed by atoms with Gasteiger partial charge in [0.2, 0.25) is 35.4 Å². The van der Waals surface area contributed by atoms with Crippen molar-refractivity contribution in [2.75, 3.05) is 19.6 Å². The molecule has 0 unspecified atom stereocenters. The van der Waals surface area contributed by atoms with Crippen molar-refractivity contribution in [2.24, 2.45) is 28.1 Å². The number of carbonyl (C=O) groups excluding carboxylic acids is 6. The van der Waals surface area contributed by atoms with Gasteiger partial charge >= 0.3 is 5.97 Å². The summed E-state index contributed by atoms with van der Waals surface area (Å²) in [5.41, 5.74) is 18.6. The highest BCUT2D eigenvalue weighted by Gasteiger charge is 2.41. The molecule has 2 fully saturated rings. The number of aromatic nitrogens is 2. The van der Waals surface area contributed by atoms with E-state index >= 15 is 0 Å². The third-order valence-electron chi connectivity index (χ3n) is 10.5. The molecule has 1 aromatic carbocycles. The number of nitrogens with zero attached hydrogens (tertiary/aromatic N) is 4. The summed E-state index contributed by atoms with van der Waals surface area (Å²) in [6.45, 7) is 5.75. The molecule has 0 saturated carbocycles. The van der Waals surface area contributed by atoms with E-state index in [0.29, 0.717) is 37.9 Å². The fraction of sp³-hybridized carbons (Fsp3) is 0.575. The summed E-state index contributed by atoms with van der Waals surface area (Å²) in [5.74, 6) is -4.88. The van der Waals surface area contributed by atoms with Crippen LogP contribution in [0.25, 0.3) is 0 Å². The molecule has 2 saturated heterocycles. The predicted molar refractivity (Wildman–Crippen MR) is 220 cm³/mol. The molecule has 0 bridgehead atoms. The van der Waals surface area contributed by atoms with Gasteiger partial charge in [-0.1, -0.05) is 44.2 Å². The average molecular weight is 837 g/mol. The van der Waals surface area contributed by atoms with Gasteiger partial charge in [0, 0.05) is 44.4 Å². The van der Waals surface area contributed by atoms with Crippen molar-refractivity contribution >= 4 is 47.4 Å². The average Bonchev–Trinajstić information content (AvgIpc) is 4.01. The number of guanidine groups is 1. The lowest BCUT2D eigenvalue weighted by Gasteiger charge is -2.32. The quantitative estimate of drug-likeness (QED) is 0.0401. The van der Waals surface area contributed by atoms with E-state index in [1.165, 1.54) is 23.1 Å². The first-order chi connectivity index (χ1) is 28.5. The second kappa shape index (κ2) is 22.4. The third-order valence-corrected chi connectivity index (χ3v) is 10.5. The monoisotopic (exact) mass is 836 g/mol. The van der Waals surface area contributed by atoms with E-state index in [4.69, 9.17) is 17.2 Å². The lowest BCUT2D eigenvalue weighted by molar-refractivity contribution is -0.143. The molecule has 7 atom stereocenters.